The molecule has 0 bridgehead atoms. The Morgan fingerprint density at radius 3 is 2.21 bits per heavy atom. The van der Waals surface area contributed by atoms with Crippen molar-refractivity contribution in [2.24, 2.45) is 5.92 Å². The molecular weight excluding hydrogens is 295 g/mol. The van der Waals surface area contributed by atoms with Crippen LogP contribution in [0, 0.1) is 11.7 Å². The summed E-state index contributed by atoms with van der Waals surface area (Å²) in [5.41, 5.74) is 4.87. The number of benzene rings is 3. The van der Waals surface area contributed by atoms with E-state index in [0.717, 1.165) is 29.5 Å². The Morgan fingerprint density at radius 1 is 0.792 bits per heavy atom. The Morgan fingerprint density at radius 2 is 1.50 bits per heavy atom. The van der Waals surface area contributed by atoms with Crippen LogP contribution < -0.4 is 0 Å². The van der Waals surface area contributed by atoms with Crippen LogP contribution in [0.5, 0.6) is 0 Å². The molecule has 0 N–H and O–H groups in total. The fourth-order valence-electron chi connectivity index (χ4n) is 3.02. The van der Waals surface area contributed by atoms with E-state index in [-0.39, 0.29) is 5.82 Å². The van der Waals surface area contributed by atoms with Crippen molar-refractivity contribution in [1.29, 1.82) is 0 Å². The van der Waals surface area contributed by atoms with Crippen LogP contribution in [0.15, 0.2) is 72.8 Å². The van der Waals surface area contributed by atoms with E-state index in [4.69, 9.17) is 0 Å². The largest absolute Gasteiger partial charge is 0.206 e. The zero-order valence-electron chi connectivity index (χ0n) is 14.3. The van der Waals surface area contributed by atoms with Crippen LogP contribution in [0.25, 0.3) is 22.3 Å². The summed E-state index contributed by atoms with van der Waals surface area (Å²) in [5, 5.41) is 0. The van der Waals surface area contributed by atoms with E-state index in [2.05, 4.69) is 19.9 Å². The highest BCUT2D eigenvalue weighted by atomic mass is 19.1. The lowest BCUT2D eigenvalue weighted by Crippen LogP contribution is -2.00. The minimum atomic E-state index is -0.159. The third kappa shape index (κ3) is 3.56. The van der Waals surface area contributed by atoms with Crippen LogP contribution in [0.4, 0.5) is 4.39 Å². The van der Waals surface area contributed by atoms with Gasteiger partial charge in [-0.3, -0.25) is 0 Å². The van der Waals surface area contributed by atoms with Crippen molar-refractivity contribution in [3.05, 3.63) is 84.2 Å². The highest BCUT2D eigenvalue weighted by Gasteiger charge is 2.12. The first-order chi connectivity index (χ1) is 11.7. The van der Waals surface area contributed by atoms with Crippen molar-refractivity contribution in [2.75, 3.05) is 0 Å². The minimum absolute atomic E-state index is 0.159. The van der Waals surface area contributed by atoms with Gasteiger partial charge in [-0.25, -0.2) is 4.39 Å². The molecule has 3 aromatic carbocycles. The molecule has 1 heteroatoms. The predicted octanol–water partition coefficient (Wildman–Crippen LogP) is 6.75. The molecule has 3 rings (SSSR count). The Labute approximate surface area is 144 Å². The summed E-state index contributed by atoms with van der Waals surface area (Å²) in [5.74, 6) is 0.436. The van der Waals surface area contributed by atoms with E-state index in [0.29, 0.717) is 11.5 Å². The van der Waals surface area contributed by atoms with Crippen molar-refractivity contribution < 1.29 is 4.39 Å². The lowest BCUT2D eigenvalue weighted by atomic mass is 9.91. The fourth-order valence-corrected chi connectivity index (χ4v) is 3.02. The summed E-state index contributed by atoms with van der Waals surface area (Å²) in [7, 11) is 0. The molecule has 0 spiro atoms. The number of rotatable bonds is 5. The van der Waals surface area contributed by atoms with E-state index in [1.807, 2.05) is 60.7 Å². The minimum Gasteiger partial charge on any atom is -0.206 e. The molecule has 0 aliphatic carbocycles. The lowest BCUT2D eigenvalue weighted by molar-refractivity contribution is 0.560. The number of hydrogen-bond donors (Lipinski definition) is 0. The molecule has 0 saturated heterocycles. The summed E-state index contributed by atoms with van der Waals surface area (Å²) in [6, 6.07) is 23.7. The second kappa shape index (κ2) is 7.44. The van der Waals surface area contributed by atoms with Crippen LogP contribution in [-0.2, 0) is 6.42 Å². The van der Waals surface area contributed by atoms with E-state index in [1.54, 1.807) is 6.07 Å². The molecule has 0 saturated carbocycles. The maximum absolute atomic E-state index is 14.8. The molecule has 122 valence electrons. The zero-order chi connectivity index (χ0) is 16.9. The lowest BCUT2D eigenvalue weighted by Gasteiger charge is -2.14. The standard InChI is InChI=1S/C23H23F/c1-3-17(2)15-20-11-7-8-12-21(20)22-14-13-19(16-23(22)24)18-9-5-4-6-10-18/h4-14,16-17H,3,15H2,1-2H3. The summed E-state index contributed by atoms with van der Waals surface area (Å²) >= 11 is 0. The number of halogens is 1. The molecule has 0 aliphatic rings. The van der Waals surface area contributed by atoms with Gasteiger partial charge in [-0.05, 0) is 40.7 Å². The van der Waals surface area contributed by atoms with Crippen LogP contribution in [0.2, 0.25) is 0 Å². The van der Waals surface area contributed by atoms with Crippen LogP contribution in [-0.4, -0.2) is 0 Å². The normalized spacial score (nSPS) is 12.1. The highest BCUT2D eigenvalue weighted by Crippen LogP contribution is 2.31. The topological polar surface area (TPSA) is 0 Å². The SMILES string of the molecule is CCC(C)Cc1ccccc1-c1ccc(-c2ccccc2)cc1F. The Kier molecular flexibility index (Phi) is 5.10. The van der Waals surface area contributed by atoms with Gasteiger partial charge in [-0.1, -0.05) is 87.0 Å². The van der Waals surface area contributed by atoms with Gasteiger partial charge in [0.25, 0.3) is 0 Å². The second-order valence-electron chi connectivity index (χ2n) is 6.44. The van der Waals surface area contributed by atoms with Crippen LogP contribution >= 0.6 is 0 Å². The van der Waals surface area contributed by atoms with Crippen molar-refractivity contribution in [3.8, 4) is 22.3 Å². The highest BCUT2D eigenvalue weighted by molar-refractivity contribution is 5.73. The number of hydrogen-bond acceptors (Lipinski definition) is 0. The molecule has 0 radical (unpaired) electrons. The summed E-state index contributed by atoms with van der Waals surface area (Å²) in [6.45, 7) is 4.44. The fraction of sp³-hybridized carbons (Fsp3) is 0.217. The Bertz CT molecular complexity index is 805. The van der Waals surface area contributed by atoms with Crippen molar-refractivity contribution in [3.63, 3.8) is 0 Å². The molecule has 0 amide bonds. The second-order valence-corrected chi connectivity index (χ2v) is 6.44. The Hall–Kier alpha value is -2.41. The van der Waals surface area contributed by atoms with Gasteiger partial charge in [0, 0.05) is 5.56 Å². The zero-order valence-corrected chi connectivity index (χ0v) is 14.3. The van der Waals surface area contributed by atoms with E-state index >= 15 is 0 Å². The molecule has 0 nitrogen and oxygen atoms in total. The molecule has 0 fully saturated rings. The smallest absolute Gasteiger partial charge is 0.131 e. The summed E-state index contributed by atoms with van der Waals surface area (Å²) < 4.78 is 14.8. The maximum atomic E-state index is 14.8. The van der Waals surface area contributed by atoms with Gasteiger partial charge in [0.2, 0.25) is 0 Å². The van der Waals surface area contributed by atoms with Gasteiger partial charge in [0.15, 0.2) is 0 Å². The quantitative estimate of drug-likeness (QED) is 0.488. The first-order valence-corrected chi connectivity index (χ1v) is 8.62. The Balaban J connectivity index is 1.99. The summed E-state index contributed by atoms with van der Waals surface area (Å²) in [6.07, 6.45) is 2.11. The van der Waals surface area contributed by atoms with Gasteiger partial charge in [0.05, 0.1) is 0 Å². The van der Waals surface area contributed by atoms with E-state index in [1.165, 1.54) is 5.56 Å². The molecule has 24 heavy (non-hydrogen) atoms. The average Bonchev–Trinajstić information content (AvgIpc) is 2.63. The van der Waals surface area contributed by atoms with Gasteiger partial charge in [0.1, 0.15) is 5.82 Å². The van der Waals surface area contributed by atoms with Crippen LogP contribution in [0.1, 0.15) is 25.8 Å². The van der Waals surface area contributed by atoms with E-state index < -0.39 is 0 Å². The summed E-state index contributed by atoms with van der Waals surface area (Å²) in [4.78, 5) is 0. The van der Waals surface area contributed by atoms with Crippen molar-refractivity contribution in [1.82, 2.24) is 0 Å². The molecule has 1 atom stereocenters. The molecular formula is C23H23F. The maximum Gasteiger partial charge on any atom is 0.131 e. The third-order valence-corrected chi connectivity index (χ3v) is 4.65. The van der Waals surface area contributed by atoms with Gasteiger partial charge >= 0.3 is 0 Å². The first kappa shape index (κ1) is 16.4. The molecule has 0 aromatic heterocycles. The van der Waals surface area contributed by atoms with Crippen molar-refractivity contribution >= 4 is 0 Å². The van der Waals surface area contributed by atoms with Crippen molar-refractivity contribution in [2.45, 2.75) is 26.7 Å². The van der Waals surface area contributed by atoms with Crippen LogP contribution in [0.3, 0.4) is 0 Å². The third-order valence-electron chi connectivity index (χ3n) is 4.65. The average molecular weight is 318 g/mol. The first-order valence-electron chi connectivity index (χ1n) is 8.62. The van der Waals surface area contributed by atoms with Gasteiger partial charge < -0.3 is 0 Å². The van der Waals surface area contributed by atoms with Gasteiger partial charge in [-0.2, -0.15) is 0 Å². The molecule has 1 unspecified atom stereocenters. The molecule has 0 aliphatic heterocycles. The molecule has 3 aromatic rings. The predicted molar refractivity (Wildman–Crippen MR) is 100 cm³/mol. The van der Waals surface area contributed by atoms with Gasteiger partial charge in [-0.15, -0.1) is 0 Å². The monoisotopic (exact) mass is 318 g/mol. The molecule has 0 heterocycles. The van der Waals surface area contributed by atoms with E-state index in [9.17, 15) is 4.39 Å².